The first-order valence-electron chi connectivity index (χ1n) is 6.31. The van der Waals surface area contributed by atoms with Gasteiger partial charge in [-0.15, -0.1) is 0 Å². The fourth-order valence-corrected chi connectivity index (χ4v) is 1.77. The number of rotatable bonds is 6. The third-order valence-corrected chi connectivity index (χ3v) is 2.93. The average molecular weight is 277 g/mol. The normalized spacial score (nSPS) is 10.4. The zero-order valence-electron chi connectivity index (χ0n) is 10.9. The van der Waals surface area contributed by atoms with Crippen LogP contribution in [0.25, 0.3) is 0 Å². The van der Waals surface area contributed by atoms with Gasteiger partial charge < -0.3 is 10.1 Å². The summed E-state index contributed by atoms with van der Waals surface area (Å²) in [6.07, 6.45) is 1.77. The molecule has 0 bridgehead atoms. The molecule has 0 amide bonds. The van der Waals surface area contributed by atoms with Gasteiger partial charge in [-0.05, 0) is 35.9 Å². The monoisotopic (exact) mass is 276 g/mol. The van der Waals surface area contributed by atoms with Crippen LogP contribution in [0.1, 0.15) is 18.1 Å². The fraction of sp³-hybridized carbons (Fsp3) is 0.267. The van der Waals surface area contributed by atoms with Gasteiger partial charge in [-0.3, -0.25) is 0 Å². The summed E-state index contributed by atoms with van der Waals surface area (Å²) >= 11 is 5.84. The lowest BCUT2D eigenvalue weighted by molar-refractivity contribution is 0.293. The maximum absolute atomic E-state index is 5.84. The van der Waals surface area contributed by atoms with Crippen molar-refractivity contribution in [1.82, 2.24) is 10.3 Å². The second-order valence-electron chi connectivity index (χ2n) is 4.20. The van der Waals surface area contributed by atoms with Crippen LogP contribution in [0, 0.1) is 0 Å². The molecule has 0 radical (unpaired) electrons. The molecule has 0 atom stereocenters. The van der Waals surface area contributed by atoms with Crippen molar-refractivity contribution < 1.29 is 4.74 Å². The van der Waals surface area contributed by atoms with Crippen LogP contribution in [0.3, 0.4) is 0 Å². The van der Waals surface area contributed by atoms with Crippen LogP contribution in [0.15, 0.2) is 42.6 Å². The van der Waals surface area contributed by atoms with Gasteiger partial charge in [-0.2, -0.15) is 0 Å². The quantitative estimate of drug-likeness (QED) is 0.878. The molecule has 0 fully saturated rings. The van der Waals surface area contributed by atoms with Gasteiger partial charge in [0.1, 0.15) is 6.61 Å². The van der Waals surface area contributed by atoms with Crippen LogP contribution in [0.5, 0.6) is 5.88 Å². The maximum atomic E-state index is 5.84. The predicted molar refractivity (Wildman–Crippen MR) is 77.4 cm³/mol. The average Bonchev–Trinajstić information content (AvgIpc) is 2.45. The lowest BCUT2D eigenvalue weighted by atomic mass is 10.2. The van der Waals surface area contributed by atoms with Crippen molar-refractivity contribution in [1.29, 1.82) is 0 Å². The molecule has 0 aliphatic rings. The van der Waals surface area contributed by atoms with Crippen molar-refractivity contribution in [2.24, 2.45) is 0 Å². The molecule has 2 aromatic rings. The zero-order valence-corrected chi connectivity index (χ0v) is 11.7. The molecule has 1 aromatic heterocycles. The SMILES string of the molecule is CCNCc1ccnc(OCc2ccc(Cl)cc2)c1. The van der Waals surface area contributed by atoms with Crippen molar-refractivity contribution in [3.8, 4) is 5.88 Å². The highest BCUT2D eigenvalue weighted by Crippen LogP contribution is 2.13. The number of hydrogen-bond donors (Lipinski definition) is 1. The Kier molecular flexibility index (Phi) is 5.19. The minimum Gasteiger partial charge on any atom is -0.473 e. The van der Waals surface area contributed by atoms with E-state index < -0.39 is 0 Å². The largest absolute Gasteiger partial charge is 0.473 e. The molecule has 3 nitrogen and oxygen atoms in total. The van der Waals surface area contributed by atoms with E-state index in [1.165, 1.54) is 5.56 Å². The van der Waals surface area contributed by atoms with E-state index in [4.69, 9.17) is 16.3 Å². The Hall–Kier alpha value is -1.58. The van der Waals surface area contributed by atoms with Gasteiger partial charge in [0.15, 0.2) is 0 Å². The fourth-order valence-electron chi connectivity index (χ4n) is 1.65. The molecule has 1 heterocycles. The Morgan fingerprint density at radius 2 is 1.95 bits per heavy atom. The number of aromatic nitrogens is 1. The molecular formula is C15H17ClN2O. The van der Waals surface area contributed by atoms with Gasteiger partial charge in [0, 0.05) is 23.8 Å². The topological polar surface area (TPSA) is 34.2 Å². The third-order valence-electron chi connectivity index (χ3n) is 2.68. The van der Waals surface area contributed by atoms with Crippen molar-refractivity contribution in [3.63, 3.8) is 0 Å². The summed E-state index contributed by atoms with van der Waals surface area (Å²) in [7, 11) is 0. The molecule has 0 aliphatic carbocycles. The summed E-state index contributed by atoms with van der Waals surface area (Å²) in [5.41, 5.74) is 2.24. The Bertz CT molecular complexity index is 514. The van der Waals surface area contributed by atoms with Crippen molar-refractivity contribution in [2.75, 3.05) is 6.54 Å². The summed E-state index contributed by atoms with van der Waals surface area (Å²) < 4.78 is 5.67. The first-order chi connectivity index (χ1) is 9.28. The molecule has 1 N–H and O–H groups in total. The molecule has 100 valence electrons. The summed E-state index contributed by atoms with van der Waals surface area (Å²) in [6.45, 7) is 4.35. The highest BCUT2D eigenvalue weighted by Gasteiger charge is 1.99. The number of ether oxygens (including phenoxy) is 1. The molecule has 0 spiro atoms. The summed E-state index contributed by atoms with van der Waals surface area (Å²) in [6, 6.07) is 11.6. The maximum Gasteiger partial charge on any atom is 0.213 e. The lowest BCUT2D eigenvalue weighted by Crippen LogP contribution is -2.11. The minimum absolute atomic E-state index is 0.495. The number of hydrogen-bond acceptors (Lipinski definition) is 3. The third kappa shape index (κ3) is 4.54. The number of halogens is 1. The number of nitrogens with one attached hydrogen (secondary N) is 1. The summed E-state index contributed by atoms with van der Waals surface area (Å²) in [5, 5.41) is 4.00. The smallest absolute Gasteiger partial charge is 0.213 e. The standard InChI is InChI=1S/C15H17ClN2O/c1-2-17-10-13-7-8-18-15(9-13)19-11-12-3-5-14(16)6-4-12/h3-9,17H,2,10-11H2,1H3. The van der Waals surface area contributed by atoms with Gasteiger partial charge in [-0.1, -0.05) is 30.7 Å². The van der Waals surface area contributed by atoms with E-state index in [2.05, 4.69) is 17.2 Å². The number of pyridine rings is 1. The Balaban J connectivity index is 1.93. The van der Waals surface area contributed by atoms with E-state index >= 15 is 0 Å². The van der Waals surface area contributed by atoms with E-state index in [0.717, 1.165) is 23.7 Å². The van der Waals surface area contributed by atoms with Crippen LogP contribution in [0.4, 0.5) is 0 Å². The van der Waals surface area contributed by atoms with Crippen LogP contribution >= 0.6 is 11.6 Å². The highest BCUT2D eigenvalue weighted by molar-refractivity contribution is 6.30. The zero-order chi connectivity index (χ0) is 13.5. The van der Waals surface area contributed by atoms with E-state index in [-0.39, 0.29) is 0 Å². The van der Waals surface area contributed by atoms with Crippen LogP contribution in [-0.4, -0.2) is 11.5 Å². The van der Waals surface area contributed by atoms with E-state index in [1.807, 2.05) is 36.4 Å². The molecule has 4 heteroatoms. The first kappa shape index (κ1) is 13.8. The molecule has 0 unspecified atom stereocenters. The van der Waals surface area contributed by atoms with Gasteiger partial charge in [-0.25, -0.2) is 4.98 Å². The predicted octanol–water partition coefficient (Wildman–Crippen LogP) is 3.42. The van der Waals surface area contributed by atoms with E-state index in [1.54, 1.807) is 6.20 Å². The minimum atomic E-state index is 0.495. The van der Waals surface area contributed by atoms with Crippen LogP contribution in [-0.2, 0) is 13.2 Å². The molecule has 0 saturated heterocycles. The Labute approximate surface area is 118 Å². The Morgan fingerprint density at radius 3 is 2.68 bits per heavy atom. The van der Waals surface area contributed by atoms with Crippen molar-refractivity contribution in [3.05, 3.63) is 58.7 Å². The van der Waals surface area contributed by atoms with Gasteiger partial charge in [0.2, 0.25) is 5.88 Å². The Morgan fingerprint density at radius 1 is 1.16 bits per heavy atom. The second kappa shape index (κ2) is 7.12. The van der Waals surface area contributed by atoms with Crippen molar-refractivity contribution in [2.45, 2.75) is 20.1 Å². The molecule has 0 aliphatic heterocycles. The van der Waals surface area contributed by atoms with E-state index in [0.29, 0.717) is 12.5 Å². The number of benzene rings is 1. The van der Waals surface area contributed by atoms with Gasteiger partial charge in [0.05, 0.1) is 0 Å². The van der Waals surface area contributed by atoms with Gasteiger partial charge in [0.25, 0.3) is 0 Å². The molecule has 2 rings (SSSR count). The van der Waals surface area contributed by atoms with Crippen LogP contribution in [0.2, 0.25) is 5.02 Å². The molecule has 19 heavy (non-hydrogen) atoms. The van der Waals surface area contributed by atoms with Gasteiger partial charge >= 0.3 is 0 Å². The summed E-state index contributed by atoms with van der Waals surface area (Å²) in [4.78, 5) is 4.20. The molecule has 1 aromatic carbocycles. The first-order valence-corrected chi connectivity index (χ1v) is 6.68. The summed E-state index contributed by atoms with van der Waals surface area (Å²) in [5.74, 6) is 0.644. The molecule has 0 saturated carbocycles. The number of nitrogens with zero attached hydrogens (tertiary/aromatic N) is 1. The van der Waals surface area contributed by atoms with E-state index in [9.17, 15) is 0 Å². The highest BCUT2D eigenvalue weighted by atomic mass is 35.5. The molecular weight excluding hydrogens is 260 g/mol. The van der Waals surface area contributed by atoms with Crippen LogP contribution < -0.4 is 10.1 Å². The second-order valence-corrected chi connectivity index (χ2v) is 4.63. The lowest BCUT2D eigenvalue weighted by Gasteiger charge is -2.07. The van der Waals surface area contributed by atoms with Crippen molar-refractivity contribution >= 4 is 11.6 Å².